The van der Waals surface area contributed by atoms with Crippen molar-refractivity contribution in [1.82, 2.24) is 0 Å². The third kappa shape index (κ3) is 5.38. The fourth-order valence-corrected chi connectivity index (χ4v) is 3.03. The molecule has 1 rings (SSSR count). The third-order valence-electron chi connectivity index (χ3n) is 2.39. The molecule has 0 saturated heterocycles. The highest BCUT2D eigenvalue weighted by atomic mass is 79.9. The van der Waals surface area contributed by atoms with E-state index in [-0.39, 0.29) is 11.8 Å². The van der Waals surface area contributed by atoms with Crippen LogP contribution < -0.4 is 5.73 Å². The molecule has 0 aromatic heterocycles. The first-order valence-corrected chi connectivity index (χ1v) is 8.41. The Morgan fingerprint density at radius 1 is 1.47 bits per heavy atom. The van der Waals surface area contributed by atoms with Crippen molar-refractivity contribution in [3.63, 3.8) is 0 Å². The summed E-state index contributed by atoms with van der Waals surface area (Å²) in [5.74, 6) is 0.162. The number of hydrogen-bond acceptors (Lipinski definition) is 3. The van der Waals surface area contributed by atoms with Crippen LogP contribution in [0.2, 0.25) is 5.02 Å². The highest BCUT2D eigenvalue weighted by Gasteiger charge is 2.11. The van der Waals surface area contributed by atoms with E-state index in [2.05, 4.69) is 15.9 Å². The first-order valence-electron chi connectivity index (χ1n) is 5.18. The maximum atomic E-state index is 11.0. The van der Waals surface area contributed by atoms with E-state index in [0.29, 0.717) is 17.9 Å². The highest BCUT2D eigenvalue weighted by Crippen LogP contribution is 2.27. The van der Waals surface area contributed by atoms with Gasteiger partial charge in [0.05, 0.1) is 0 Å². The zero-order valence-corrected chi connectivity index (χ0v) is 12.6. The minimum atomic E-state index is -2.91. The average molecular weight is 341 g/mol. The minimum Gasteiger partial charge on any atom is -0.324 e. The van der Waals surface area contributed by atoms with E-state index >= 15 is 0 Å². The van der Waals surface area contributed by atoms with Crippen LogP contribution >= 0.6 is 27.5 Å². The van der Waals surface area contributed by atoms with Gasteiger partial charge in [0.15, 0.2) is 0 Å². The Labute approximate surface area is 115 Å². The van der Waals surface area contributed by atoms with Crippen molar-refractivity contribution in [3.05, 3.63) is 33.3 Å². The van der Waals surface area contributed by atoms with E-state index in [0.717, 1.165) is 10.0 Å². The Morgan fingerprint density at radius 3 is 2.65 bits per heavy atom. The number of benzene rings is 1. The Hall–Kier alpha value is -0.100. The number of hydrogen-bond donors (Lipinski definition) is 1. The summed E-state index contributed by atoms with van der Waals surface area (Å²) in [4.78, 5) is 0. The molecule has 0 amide bonds. The second-order valence-corrected chi connectivity index (χ2v) is 7.63. The molecular formula is C11H15BrClNO2S. The molecule has 0 fully saturated rings. The van der Waals surface area contributed by atoms with Crippen molar-refractivity contribution in [2.75, 3.05) is 12.0 Å². The largest absolute Gasteiger partial charge is 0.324 e. The lowest BCUT2D eigenvalue weighted by atomic mass is 10.0. The molecule has 0 saturated carbocycles. The quantitative estimate of drug-likeness (QED) is 0.896. The van der Waals surface area contributed by atoms with Gasteiger partial charge in [-0.3, -0.25) is 0 Å². The lowest BCUT2D eigenvalue weighted by Crippen LogP contribution is -2.13. The van der Waals surface area contributed by atoms with Crippen molar-refractivity contribution < 1.29 is 8.42 Å². The summed E-state index contributed by atoms with van der Waals surface area (Å²) in [5, 5.41) is 0.603. The van der Waals surface area contributed by atoms with Crippen LogP contribution in [0.25, 0.3) is 0 Å². The van der Waals surface area contributed by atoms with Gasteiger partial charge in [0.1, 0.15) is 9.84 Å². The van der Waals surface area contributed by atoms with Gasteiger partial charge >= 0.3 is 0 Å². The summed E-state index contributed by atoms with van der Waals surface area (Å²) in [7, 11) is -2.91. The molecule has 1 unspecified atom stereocenters. The zero-order valence-electron chi connectivity index (χ0n) is 9.49. The Kier molecular flexibility index (Phi) is 5.44. The lowest BCUT2D eigenvalue weighted by molar-refractivity contribution is 0.588. The standard InChI is InChI=1S/C11H15BrClNO2S/c1-17(15,16)6-2-3-11(14)9-5-4-8(12)7-10(9)13/h4-5,7,11H,2-3,6,14H2,1H3. The first-order chi connectivity index (χ1) is 7.79. The number of sulfone groups is 1. The third-order valence-corrected chi connectivity index (χ3v) is 4.24. The predicted octanol–water partition coefficient (Wildman–Crippen LogP) is 2.93. The molecule has 1 atom stereocenters. The van der Waals surface area contributed by atoms with Crippen LogP contribution in [0.4, 0.5) is 0 Å². The molecule has 6 heteroatoms. The second kappa shape index (κ2) is 6.18. The van der Waals surface area contributed by atoms with Gasteiger partial charge in [-0.2, -0.15) is 0 Å². The van der Waals surface area contributed by atoms with E-state index in [1.54, 1.807) is 6.07 Å². The van der Waals surface area contributed by atoms with Gasteiger partial charge in [-0.25, -0.2) is 8.42 Å². The minimum absolute atomic E-state index is 0.162. The van der Waals surface area contributed by atoms with E-state index in [1.165, 1.54) is 6.26 Å². The molecular weight excluding hydrogens is 326 g/mol. The lowest BCUT2D eigenvalue weighted by Gasteiger charge is -2.13. The number of rotatable bonds is 5. The van der Waals surface area contributed by atoms with Crippen LogP contribution in [-0.2, 0) is 9.84 Å². The summed E-state index contributed by atoms with van der Waals surface area (Å²) in [6.07, 6.45) is 2.38. The van der Waals surface area contributed by atoms with Crippen molar-refractivity contribution in [3.8, 4) is 0 Å². The summed E-state index contributed by atoms with van der Waals surface area (Å²) in [6, 6.07) is 5.29. The molecule has 1 aromatic rings. The Bertz CT molecular complexity index is 490. The zero-order chi connectivity index (χ0) is 13.1. The van der Waals surface area contributed by atoms with Crippen LogP contribution in [0.15, 0.2) is 22.7 Å². The molecule has 0 bridgehead atoms. The van der Waals surface area contributed by atoms with Gasteiger partial charge in [0.25, 0.3) is 0 Å². The van der Waals surface area contributed by atoms with Crippen molar-refractivity contribution >= 4 is 37.4 Å². The number of nitrogens with two attached hydrogens (primary N) is 1. The van der Waals surface area contributed by atoms with E-state index in [1.807, 2.05) is 12.1 Å². The van der Waals surface area contributed by atoms with Gasteiger partial charge in [0, 0.05) is 27.5 Å². The van der Waals surface area contributed by atoms with E-state index in [4.69, 9.17) is 17.3 Å². The SMILES string of the molecule is CS(=O)(=O)CCCC(N)c1ccc(Br)cc1Cl. The molecule has 2 N–H and O–H groups in total. The van der Waals surface area contributed by atoms with Gasteiger partial charge in [0.2, 0.25) is 0 Å². The van der Waals surface area contributed by atoms with E-state index in [9.17, 15) is 8.42 Å². The first kappa shape index (κ1) is 15.0. The summed E-state index contributed by atoms with van der Waals surface area (Å²) in [6.45, 7) is 0. The summed E-state index contributed by atoms with van der Waals surface area (Å²) in [5.41, 5.74) is 6.83. The molecule has 0 aliphatic rings. The maximum absolute atomic E-state index is 11.0. The molecule has 3 nitrogen and oxygen atoms in total. The molecule has 0 radical (unpaired) electrons. The van der Waals surface area contributed by atoms with Crippen LogP contribution in [0.1, 0.15) is 24.4 Å². The number of halogens is 2. The normalized spacial score (nSPS) is 13.6. The van der Waals surface area contributed by atoms with E-state index < -0.39 is 9.84 Å². The fourth-order valence-electron chi connectivity index (χ4n) is 1.52. The smallest absolute Gasteiger partial charge is 0.147 e. The molecule has 1 aromatic carbocycles. The van der Waals surface area contributed by atoms with Crippen LogP contribution in [0.5, 0.6) is 0 Å². The predicted molar refractivity (Wildman–Crippen MR) is 75.0 cm³/mol. The average Bonchev–Trinajstić information content (AvgIpc) is 2.15. The topological polar surface area (TPSA) is 60.2 Å². The van der Waals surface area contributed by atoms with Crippen LogP contribution in [0, 0.1) is 0 Å². The van der Waals surface area contributed by atoms with Gasteiger partial charge in [-0.15, -0.1) is 0 Å². The molecule has 0 aliphatic heterocycles. The van der Waals surface area contributed by atoms with Crippen molar-refractivity contribution in [1.29, 1.82) is 0 Å². The highest BCUT2D eigenvalue weighted by molar-refractivity contribution is 9.10. The molecule has 0 aliphatic carbocycles. The van der Waals surface area contributed by atoms with Gasteiger partial charge < -0.3 is 5.73 Å². The van der Waals surface area contributed by atoms with Crippen molar-refractivity contribution in [2.24, 2.45) is 5.73 Å². The summed E-state index contributed by atoms with van der Waals surface area (Å²) >= 11 is 9.38. The summed E-state index contributed by atoms with van der Waals surface area (Å²) < 4.78 is 22.9. The maximum Gasteiger partial charge on any atom is 0.147 e. The molecule has 0 heterocycles. The monoisotopic (exact) mass is 339 g/mol. The molecule has 0 spiro atoms. The van der Waals surface area contributed by atoms with Gasteiger partial charge in [-0.1, -0.05) is 33.6 Å². The van der Waals surface area contributed by atoms with Crippen molar-refractivity contribution in [2.45, 2.75) is 18.9 Å². The van der Waals surface area contributed by atoms with Gasteiger partial charge in [-0.05, 0) is 30.5 Å². The molecule has 17 heavy (non-hydrogen) atoms. The molecule has 96 valence electrons. The Balaban J connectivity index is 2.61. The second-order valence-electron chi connectivity index (χ2n) is 4.04. The van der Waals surface area contributed by atoms with Crippen LogP contribution in [0.3, 0.4) is 0 Å². The Morgan fingerprint density at radius 2 is 2.12 bits per heavy atom. The van der Waals surface area contributed by atoms with Crippen LogP contribution in [-0.4, -0.2) is 20.4 Å². The fraction of sp³-hybridized carbons (Fsp3) is 0.455.